The Kier molecular flexibility index (Phi) is 3.85. The molecular formula is C13H9N3O6. The van der Waals surface area contributed by atoms with Crippen molar-refractivity contribution in [1.29, 1.82) is 5.26 Å². The molecule has 0 bridgehead atoms. The minimum absolute atomic E-state index is 0.139. The summed E-state index contributed by atoms with van der Waals surface area (Å²) in [5.74, 6) is -2.70. The third-order valence-electron chi connectivity index (χ3n) is 2.95. The molecule has 2 amide bonds. The number of nitrogens with zero attached hydrogens (tertiary/aromatic N) is 3. The highest BCUT2D eigenvalue weighted by Gasteiger charge is 2.42. The molecule has 1 aromatic rings. The number of hydrogen-bond donors (Lipinski definition) is 0. The average Bonchev–Trinajstić information content (AvgIpc) is 2.72. The summed E-state index contributed by atoms with van der Waals surface area (Å²) in [6, 6.07) is 5.31. The lowest BCUT2D eigenvalue weighted by Gasteiger charge is -2.13. The molecule has 1 atom stereocenters. The highest BCUT2D eigenvalue weighted by Crippen LogP contribution is 2.30. The Morgan fingerprint density at radius 2 is 2.14 bits per heavy atom. The van der Waals surface area contributed by atoms with Crippen molar-refractivity contribution in [1.82, 2.24) is 4.90 Å². The van der Waals surface area contributed by atoms with Crippen LogP contribution in [0.15, 0.2) is 18.2 Å². The van der Waals surface area contributed by atoms with E-state index in [1.165, 1.54) is 19.1 Å². The van der Waals surface area contributed by atoms with Crippen molar-refractivity contribution in [2.24, 2.45) is 0 Å². The van der Waals surface area contributed by atoms with Crippen LogP contribution in [0, 0.1) is 21.4 Å². The highest BCUT2D eigenvalue weighted by atomic mass is 16.6. The summed E-state index contributed by atoms with van der Waals surface area (Å²) in [6.07, 6.45) is -1.03. The van der Waals surface area contributed by atoms with E-state index in [-0.39, 0.29) is 11.1 Å². The van der Waals surface area contributed by atoms with Crippen LogP contribution in [0.2, 0.25) is 0 Å². The number of imide groups is 1. The maximum atomic E-state index is 12.2. The predicted octanol–water partition coefficient (Wildman–Crippen LogP) is 0.646. The highest BCUT2D eigenvalue weighted by molar-refractivity contribution is 6.24. The molecule has 0 saturated carbocycles. The van der Waals surface area contributed by atoms with Gasteiger partial charge >= 0.3 is 5.97 Å². The van der Waals surface area contributed by atoms with Gasteiger partial charge in [0, 0.05) is 6.07 Å². The molecule has 22 heavy (non-hydrogen) atoms. The third kappa shape index (κ3) is 2.49. The van der Waals surface area contributed by atoms with Gasteiger partial charge in [-0.3, -0.25) is 29.4 Å². The van der Waals surface area contributed by atoms with E-state index >= 15 is 0 Å². The Morgan fingerprint density at radius 3 is 2.73 bits per heavy atom. The molecule has 1 aliphatic heterocycles. The van der Waals surface area contributed by atoms with E-state index in [9.17, 15) is 24.5 Å². The molecule has 0 aromatic heterocycles. The number of ether oxygens (including phenoxy) is 1. The zero-order valence-corrected chi connectivity index (χ0v) is 11.3. The van der Waals surface area contributed by atoms with Crippen LogP contribution >= 0.6 is 0 Å². The molecule has 0 radical (unpaired) electrons. The molecule has 112 valence electrons. The zero-order valence-electron chi connectivity index (χ0n) is 11.3. The Balaban J connectivity index is 2.29. The van der Waals surface area contributed by atoms with Crippen LogP contribution in [0.3, 0.4) is 0 Å². The summed E-state index contributed by atoms with van der Waals surface area (Å²) in [5, 5.41) is 19.5. The largest absolute Gasteiger partial charge is 0.446 e. The number of benzene rings is 1. The summed E-state index contributed by atoms with van der Waals surface area (Å²) in [6.45, 7) is 0.612. The number of rotatable bonds is 4. The first-order valence-electron chi connectivity index (χ1n) is 6.09. The average molecular weight is 303 g/mol. The zero-order chi connectivity index (χ0) is 16.4. The molecule has 0 N–H and O–H groups in total. The van der Waals surface area contributed by atoms with Crippen molar-refractivity contribution >= 4 is 23.5 Å². The number of fused-ring (bicyclic) bond motifs is 1. The molecule has 1 aromatic carbocycles. The van der Waals surface area contributed by atoms with Gasteiger partial charge < -0.3 is 4.74 Å². The molecule has 1 unspecified atom stereocenters. The summed E-state index contributed by atoms with van der Waals surface area (Å²) in [4.78, 5) is 46.5. The van der Waals surface area contributed by atoms with Crippen molar-refractivity contribution < 1.29 is 24.0 Å². The molecule has 0 aliphatic carbocycles. The van der Waals surface area contributed by atoms with Crippen molar-refractivity contribution in [2.45, 2.75) is 13.0 Å². The first kappa shape index (κ1) is 15.1. The van der Waals surface area contributed by atoms with Crippen LogP contribution in [-0.4, -0.2) is 40.3 Å². The molecule has 0 saturated heterocycles. The van der Waals surface area contributed by atoms with E-state index in [4.69, 9.17) is 5.26 Å². The number of amides is 2. The second kappa shape index (κ2) is 5.61. The second-order valence-electron chi connectivity index (χ2n) is 4.41. The van der Waals surface area contributed by atoms with E-state index in [0.717, 1.165) is 6.07 Å². The van der Waals surface area contributed by atoms with Gasteiger partial charge in [-0.05, 0) is 13.0 Å². The summed E-state index contributed by atoms with van der Waals surface area (Å²) >= 11 is 0. The lowest BCUT2D eigenvalue weighted by molar-refractivity contribution is -0.385. The number of nitro groups is 1. The van der Waals surface area contributed by atoms with Crippen LogP contribution in [0.4, 0.5) is 5.69 Å². The standard InChI is InChI=1S/C13H9N3O6/c1-7(5-14)22-10(17)6-15-12(18)8-3-2-4-9(16(20)21)11(8)13(15)19/h2-4,7H,6H2,1H3. The van der Waals surface area contributed by atoms with Crippen LogP contribution < -0.4 is 0 Å². The summed E-state index contributed by atoms with van der Waals surface area (Å²) < 4.78 is 4.65. The van der Waals surface area contributed by atoms with E-state index in [0.29, 0.717) is 4.90 Å². The summed E-state index contributed by atoms with van der Waals surface area (Å²) in [7, 11) is 0. The molecule has 0 spiro atoms. The van der Waals surface area contributed by atoms with Crippen LogP contribution in [0.5, 0.6) is 0 Å². The van der Waals surface area contributed by atoms with Gasteiger partial charge in [0.1, 0.15) is 18.2 Å². The molecule has 1 heterocycles. The minimum Gasteiger partial charge on any atom is -0.446 e. The fourth-order valence-electron chi connectivity index (χ4n) is 2.00. The number of hydrogen-bond acceptors (Lipinski definition) is 7. The number of esters is 1. The van der Waals surface area contributed by atoms with E-state index in [1.807, 2.05) is 0 Å². The van der Waals surface area contributed by atoms with E-state index < -0.39 is 41.0 Å². The predicted molar refractivity (Wildman–Crippen MR) is 69.6 cm³/mol. The molecule has 2 rings (SSSR count). The SMILES string of the molecule is CC(C#N)OC(=O)CN1C(=O)c2cccc([N+](=O)[O-])c2C1=O. The molecule has 9 heteroatoms. The fourth-order valence-corrected chi connectivity index (χ4v) is 2.00. The lowest BCUT2D eigenvalue weighted by Crippen LogP contribution is -2.36. The maximum Gasteiger partial charge on any atom is 0.327 e. The normalized spacial score (nSPS) is 14.3. The third-order valence-corrected chi connectivity index (χ3v) is 2.95. The number of nitro benzene ring substituents is 1. The van der Waals surface area contributed by atoms with E-state index in [2.05, 4.69) is 4.74 Å². The first-order valence-corrected chi connectivity index (χ1v) is 6.09. The van der Waals surface area contributed by atoms with Crippen LogP contribution in [0.25, 0.3) is 0 Å². The Hall–Kier alpha value is -3.28. The topological polar surface area (TPSA) is 131 Å². The quantitative estimate of drug-likeness (QED) is 0.345. The van der Waals surface area contributed by atoms with Gasteiger partial charge in [0.2, 0.25) is 0 Å². The Bertz CT molecular complexity index is 736. The van der Waals surface area contributed by atoms with Crippen molar-refractivity contribution in [2.75, 3.05) is 6.54 Å². The lowest BCUT2D eigenvalue weighted by atomic mass is 10.1. The Morgan fingerprint density at radius 1 is 1.45 bits per heavy atom. The van der Waals surface area contributed by atoms with Crippen molar-refractivity contribution in [3.05, 3.63) is 39.4 Å². The molecule has 9 nitrogen and oxygen atoms in total. The molecule has 0 fully saturated rings. The molecular weight excluding hydrogens is 294 g/mol. The van der Waals surface area contributed by atoms with E-state index in [1.54, 1.807) is 6.07 Å². The van der Waals surface area contributed by atoms with Gasteiger partial charge in [0.05, 0.1) is 10.5 Å². The van der Waals surface area contributed by atoms with Gasteiger partial charge in [-0.2, -0.15) is 5.26 Å². The van der Waals surface area contributed by atoms with Crippen LogP contribution in [0.1, 0.15) is 27.6 Å². The smallest absolute Gasteiger partial charge is 0.327 e. The van der Waals surface area contributed by atoms with Gasteiger partial charge in [0.15, 0.2) is 6.10 Å². The number of carbonyl (C=O) groups is 3. The van der Waals surface area contributed by atoms with Gasteiger partial charge in [-0.15, -0.1) is 0 Å². The van der Waals surface area contributed by atoms with Crippen molar-refractivity contribution in [3.63, 3.8) is 0 Å². The van der Waals surface area contributed by atoms with Gasteiger partial charge in [0.25, 0.3) is 17.5 Å². The number of carbonyl (C=O) groups excluding carboxylic acids is 3. The molecule has 1 aliphatic rings. The minimum atomic E-state index is -1.03. The van der Waals surface area contributed by atoms with Gasteiger partial charge in [-0.25, -0.2) is 0 Å². The summed E-state index contributed by atoms with van der Waals surface area (Å²) in [5.41, 5.74) is -0.990. The first-order chi connectivity index (χ1) is 10.4. The van der Waals surface area contributed by atoms with Crippen LogP contribution in [-0.2, 0) is 9.53 Å². The van der Waals surface area contributed by atoms with Gasteiger partial charge in [-0.1, -0.05) is 6.07 Å². The number of nitriles is 1. The van der Waals surface area contributed by atoms with Crippen molar-refractivity contribution in [3.8, 4) is 6.07 Å². The maximum absolute atomic E-state index is 12.2. The fraction of sp³-hybridized carbons (Fsp3) is 0.231. The Labute approximate surface area is 123 Å². The second-order valence-corrected chi connectivity index (χ2v) is 4.41. The monoisotopic (exact) mass is 303 g/mol.